The number of benzene rings is 3. The van der Waals surface area contributed by atoms with Gasteiger partial charge in [-0.2, -0.15) is 13.2 Å². The zero-order chi connectivity index (χ0) is 18.5. The lowest BCUT2D eigenvalue weighted by atomic mass is 10.1. The van der Waals surface area contributed by atoms with Gasteiger partial charge in [-0.15, -0.1) is 10.2 Å². The van der Waals surface area contributed by atoms with E-state index in [9.17, 15) is 23.1 Å². The van der Waals surface area contributed by atoms with E-state index >= 15 is 0 Å². The van der Waals surface area contributed by atoms with Gasteiger partial charge in [0.15, 0.2) is 0 Å². The van der Waals surface area contributed by atoms with Gasteiger partial charge in [-0.25, -0.2) is 0 Å². The first-order valence-corrected chi connectivity index (χ1v) is 8.80. The maximum atomic E-state index is 11.7. The molecule has 0 atom stereocenters. The topological polar surface area (TPSA) is 128 Å². The van der Waals surface area contributed by atoms with Gasteiger partial charge in [-0.3, -0.25) is 14.7 Å². The fraction of sp³-hybridized carbons (Fsp3) is 0. The average Bonchev–Trinajstić information content (AvgIpc) is 3.05. The van der Waals surface area contributed by atoms with E-state index in [2.05, 4.69) is 10.2 Å². The predicted molar refractivity (Wildman–Crippen MR) is 92.8 cm³/mol. The minimum Gasteiger partial charge on any atom is -0.282 e. The predicted octanol–water partition coefficient (Wildman–Crippen LogP) is 2.73. The maximum Gasteiger partial charge on any atom is 0.295 e. The summed E-state index contributed by atoms with van der Waals surface area (Å²) in [5, 5.41) is 20.2. The second-order valence-electron chi connectivity index (χ2n) is 5.53. The molecule has 0 saturated carbocycles. The Kier molecular flexibility index (Phi) is 3.46. The fourth-order valence-corrected chi connectivity index (χ4v) is 3.47. The quantitative estimate of drug-likeness (QED) is 0.333. The summed E-state index contributed by atoms with van der Waals surface area (Å²) in [7, 11) is -4.44. The van der Waals surface area contributed by atoms with Crippen molar-refractivity contribution in [3.63, 3.8) is 0 Å². The maximum absolute atomic E-state index is 11.7. The van der Waals surface area contributed by atoms with E-state index in [1.165, 1.54) is 35.1 Å². The van der Waals surface area contributed by atoms with Crippen LogP contribution in [0.3, 0.4) is 0 Å². The van der Waals surface area contributed by atoms with E-state index in [0.717, 1.165) is 0 Å². The zero-order valence-electron chi connectivity index (χ0n) is 13.0. The molecule has 0 saturated heterocycles. The van der Waals surface area contributed by atoms with Gasteiger partial charge in [0.05, 0.1) is 10.6 Å². The summed E-state index contributed by atoms with van der Waals surface area (Å²) >= 11 is 0. The van der Waals surface area contributed by atoms with Gasteiger partial charge in [0.25, 0.3) is 15.8 Å². The summed E-state index contributed by atoms with van der Waals surface area (Å²) in [5.74, 6) is 0. The molecular weight excluding hydrogens is 360 g/mol. The summed E-state index contributed by atoms with van der Waals surface area (Å²) in [4.78, 5) is 11.2. The molecular formula is C16H10N4O5S. The number of hydrogen-bond acceptors (Lipinski definition) is 6. The third kappa shape index (κ3) is 2.57. The summed E-state index contributed by atoms with van der Waals surface area (Å²) < 4.78 is 32.9. The number of nitro benzene ring substituents is 1. The SMILES string of the molecule is O=[N+]([O-])c1ccc(-n2nc3cc(S(=O)(=O)O)c4ccccc4c3n2)cc1. The number of non-ortho nitro benzene ring substituents is 1. The molecule has 0 unspecified atom stereocenters. The monoisotopic (exact) mass is 370 g/mol. The number of nitrogens with zero attached hydrogens (tertiary/aromatic N) is 4. The highest BCUT2D eigenvalue weighted by atomic mass is 32.2. The summed E-state index contributed by atoms with van der Waals surface area (Å²) in [5.41, 5.74) is 1.13. The largest absolute Gasteiger partial charge is 0.295 e. The van der Waals surface area contributed by atoms with Crippen molar-refractivity contribution in [3.8, 4) is 5.69 Å². The van der Waals surface area contributed by atoms with Crippen molar-refractivity contribution in [1.29, 1.82) is 0 Å². The van der Waals surface area contributed by atoms with Crippen molar-refractivity contribution in [2.45, 2.75) is 4.90 Å². The minimum absolute atomic E-state index is 0.0652. The Morgan fingerprint density at radius 1 is 1.00 bits per heavy atom. The molecule has 9 nitrogen and oxygen atoms in total. The lowest BCUT2D eigenvalue weighted by Gasteiger charge is -2.03. The Morgan fingerprint density at radius 2 is 1.65 bits per heavy atom. The Hall–Kier alpha value is -3.37. The van der Waals surface area contributed by atoms with E-state index in [1.54, 1.807) is 24.3 Å². The number of rotatable bonds is 3. The molecule has 0 amide bonds. The first kappa shape index (κ1) is 16.1. The lowest BCUT2D eigenvalue weighted by Crippen LogP contribution is -1.99. The summed E-state index contributed by atoms with van der Waals surface area (Å²) in [6, 6.07) is 13.5. The van der Waals surface area contributed by atoms with Crippen LogP contribution >= 0.6 is 0 Å². The molecule has 1 heterocycles. The van der Waals surface area contributed by atoms with Crippen LogP contribution < -0.4 is 0 Å². The van der Waals surface area contributed by atoms with Crippen molar-refractivity contribution in [1.82, 2.24) is 15.0 Å². The second kappa shape index (κ2) is 5.58. The van der Waals surface area contributed by atoms with Crippen LogP contribution in [0.1, 0.15) is 0 Å². The molecule has 0 fully saturated rings. The Bertz CT molecular complexity index is 1280. The molecule has 26 heavy (non-hydrogen) atoms. The molecule has 1 N–H and O–H groups in total. The molecule has 0 aliphatic rings. The third-order valence-electron chi connectivity index (χ3n) is 3.92. The van der Waals surface area contributed by atoms with Crippen LogP contribution in [0.4, 0.5) is 5.69 Å². The zero-order valence-corrected chi connectivity index (χ0v) is 13.8. The summed E-state index contributed by atoms with van der Waals surface area (Å²) in [6.07, 6.45) is 0. The van der Waals surface area contributed by atoms with Gasteiger partial charge in [0.2, 0.25) is 0 Å². The number of aromatic nitrogens is 3. The molecule has 0 aliphatic carbocycles. The van der Waals surface area contributed by atoms with Crippen LogP contribution in [0.25, 0.3) is 27.5 Å². The van der Waals surface area contributed by atoms with Crippen LogP contribution in [0.2, 0.25) is 0 Å². The van der Waals surface area contributed by atoms with Crippen LogP contribution in [-0.2, 0) is 10.1 Å². The highest BCUT2D eigenvalue weighted by Crippen LogP contribution is 2.30. The van der Waals surface area contributed by atoms with Gasteiger partial charge in [0.1, 0.15) is 15.9 Å². The van der Waals surface area contributed by atoms with Gasteiger partial charge < -0.3 is 0 Å². The van der Waals surface area contributed by atoms with E-state index in [-0.39, 0.29) is 16.1 Å². The highest BCUT2D eigenvalue weighted by Gasteiger charge is 2.19. The van der Waals surface area contributed by atoms with Crippen LogP contribution in [0.15, 0.2) is 59.5 Å². The lowest BCUT2D eigenvalue weighted by molar-refractivity contribution is -0.384. The standard InChI is InChI=1S/C16H10N4O5S/c21-20(22)11-7-5-10(6-8-11)19-17-14-9-15(26(23,24)25)12-3-1-2-4-13(12)16(14)18-19/h1-9H,(H,23,24,25). The van der Waals surface area contributed by atoms with Crippen LogP contribution in [0.5, 0.6) is 0 Å². The minimum atomic E-state index is -4.44. The van der Waals surface area contributed by atoms with Crippen molar-refractivity contribution >= 4 is 37.6 Å². The Balaban J connectivity index is 1.98. The van der Waals surface area contributed by atoms with Gasteiger partial charge in [0, 0.05) is 22.9 Å². The second-order valence-corrected chi connectivity index (χ2v) is 6.92. The molecule has 3 aromatic carbocycles. The average molecular weight is 370 g/mol. The molecule has 0 bridgehead atoms. The first-order valence-electron chi connectivity index (χ1n) is 7.36. The fourth-order valence-electron chi connectivity index (χ4n) is 2.75. The van der Waals surface area contributed by atoms with Gasteiger partial charge in [-0.1, -0.05) is 24.3 Å². The Labute approximate surface area is 146 Å². The number of nitro groups is 1. The third-order valence-corrected chi connectivity index (χ3v) is 4.82. The van der Waals surface area contributed by atoms with Gasteiger partial charge in [-0.05, 0) is 18.2 Å². The van der Waals surface area contributed by atoms with Crippen LogP contribution in [0, 0.1) is 10.1 Å². The molecule has 0 radical (unpaired) electrons. The molecule has 0 aliphatic heterocycles. The molecule has 1 aromatic heterocycles. The van der Waals surface area contributed by atoms with Crippen LogP contribution in [-0.4, -0.2) is 32.9 Å². The molecule has 130 valence electrons. The highest BCUT2D eigenvalue weighted by molar-refractivity contribution is 7.86. The molecule has 4 aromatic rings. The van der Waals surface area contributed by atoms with E-state index in [4.69, 9.17) is 0 Å². The van der Waals surface area contributed by atoms with Crippen molar-refractivity contribution < 1.29 is 17.9 Å². The number of hydrogen-bond donors (Lipinski definition) is 1. The van der Waals surface area contributed by atoms with Crippen molar-refractivity contribution in [3.05, 3.63) is 64.7 Å². The van der Waals surface area contributed by atoms with E-state index in [0.29, 0.717) is 22.0 Å². The molecule has 0 spiro atoms. The molecule has 10 heteroatoms. The summed E-state index contributed by atoms with van der Waals surface area (Å²) in [6.45, 7) is 0. The number of fused-ring (bicyclic) bond motifs is 3. The normalized spacial score (nSPS) is 11.9. The van der Waals surface area contributed by atoms with E-state index in [1.807, 2.05) is 0 Å². The molecule has 4 rings (SSSR count). The first-order chi connectivity index (χ1) is 12.3. The Morgan fingerprint density at radius 3 is 2.27 bits per heavy atom. The van der Waals surface area contributed by atoms with Gasteiger partial charge >= 0.3 is 0 Å². The van der Waals surface area contributed by atoms with Crippen molar-refractivity contribution in [2.75, 3.05) is 0 Å². The van der Waals surface area contributed by atoms with E-state index < -0.39 is 15.0 Å². The van der Waals surface area contributed by atoms with Crippen molar-refractivity contribution in [2.24, 2.45) is 0 Å². The smallest absolute Gasteiger partial charge is 0.282 e.